The van der Waals surface area contributed by atoms with Crippen LogP contribution in [-0.2, 0) is 71.6 Å². The normalized spacial score (nSPS) is 37.1. The third kappa shape index (κ3) is 16.1. The maximum Gasteiger partial charge on any atom is 0.247 e. The van der Waals surface area contributed by atoms with Gasteiger partial charge >= 0.3 is 0 Å². The summed E-state index contributed by atoms with van der Waals surface area (Å²) in [6.45, 7) is 12.1. The largest absolute Gasteiger partial charge is 0.471 e. The molecule has 10 heterocycles. The highest BCUT2D eigenvalue weighted by atomic mass is 127. The second-order valence-corrected chi connectivity index (χ2v) is 25.8. The van der Waals surface area contributed by atoms with Crippen LogP contribution >= 0.6 is 45.2 Å². The number of ketones is 5. The molecule has 538 valence electrons. The number of halogens is 3. The molecule has 10 aliphatic heterocycles. The fourth-order valence-electron chi connectivity index (χ4n) is 11.6. The third-order valence-corrected chi connectivity index (χ3v) is 19.2. The van der Waals surface area contributed by atoms with Crippen molar-refractivity contribution in [3.05, 3.63) is 126 Å². The second kappa shape index (κ2) is 32.9. The van der Waals surface area contributed by atoms with Crippen molar-refractivity contribution < 1.29 is 107 Å². The van der Waals surface area contributed by atoms with Crippen LogP contribution in [0.25, 0.3) is 52.2 Å². The lowest BCUT2D eigenvalue weighted by Crippen LogP contribution is -2.53. The standard InChI is InChI=1S/C12H16N4O4.C11H12FIN4O4.C11H13IN4O4.C11H14N4O5.C11H12N4O4/c1-3-8-10(19)12(2,14-15-13)11(20-8)16-5-4-7(17)6-9(16)18;1-10(15-16-14)8(20)11(12,5-13)21-9(10)17-3-2-6(18)4-7(17)19;1-11(14-15-13)9(19)7(5-12)20-10(11)16-3-2-6(17)4-8(16)18;1-11(13-14-12)9(19)7(5-16)20-10(11)15-3-2-6(17)4-8(15)18;1-6-9(18)11(2,13-14-12)10(19-6)15-4-3-7(16)5-8(15)17/h4-5,8,10-11,19H,3,6H2,1-2H3;2-3,8-9,20H,4-5H2,1H3;2-3,7,9-10,19H,4-5H2,1H3;2-3,7,9-10,16,19H,4-5H2,1H3;3-4,9-10,18H,1,5H2,2H3/t8-,10-,11-,12-;8-,9+,10+,11+;2*7-,9-,10-,11-;9-,10-,11-/m10111/s1. The van der Waals surface area contributed by atoms with E-state index in [1.165, 1.54) is 93.5 Å². The molecule has 19 atom stereocenters. The van der Waals surface area contributed by atoms with E-state index in [2.05, 4.69) is 56.7 Å². The molecule has 6 N–H and O–H groups in total. The zero-order valence-electron chi connectivity index (χ0n) is 53.7. The number of allylic oxidation sites excluding steroid dienone is 5. The number of nitrogens with zero attached hydrogens (tertiary/aromatic N) is 20. The predicted molar refractivity (Wildman–Crippen MR) is 350 cm³/mol. The van der Waals surface area contributed by atoms with Gasteiger partial charge in [0.25, 0.3) is 0 Å². The fraction of sp³-hybridized carbons (Fsp3) is 0.607. The van der Waals surface area contributed by atoms with Crippen LogP contribution in [0, 0.1) is 0 Å². The molecule has 41 nitrogen and oxygen atoms in total. The van der Waals surface area contributed by atoms with Gasteiger partial charge in [0.15, 0.2) is 60.1 Å². The van der Waals surface area contributed by atoms with Crippen molar-refractivity contribution in [1.82, 2.24) is 24.5 Å². The highest BCUT2D eigenvalue weighted by Crippen LogP contribution is 2.46. The number of hydrogen-bond donors (Lipinski definition) is 6. The Morgan fingerprint density at radius 3 is 1.09 bits per heavy atom. The number of hydrogen-bond acceptors (Lipinski definition) is 26. The molecule has 10 aliphatic rings. The lowest BCUT2D eigenvalue weighted by Gasteiger charge is -2.35. The first-order chi connectivity index (χ1) is 47.0. The lowest BCUT2D eigenvalue weighted by atomic mass is 9.91. The molecule has 0 saturated carbocycles. The Bertz CT molecular complexity index is 3530. The molecule has 5 saturated heterocycles. The van der Waals surface area contributed by atoms with Gasteiger partial charge in [-0.2, -0.15) is 0 Å². The molecule has 100 heavy (non-hydrogen) atoms. The molecule has 0 aromatic heterocycles. The minimum Gasteiger partial charge on any atom is -0.471 e. The van der Waals surface area contributed by atoms with Gasteiger partial charge in [-0.15, -0.1) is 0 Å². The minimum absolute atomic E-state index is 0.0120. The number of ether oxygens (including phenoxy) is 5. The zero-order valence-corrected chi connectivity index (χ0v) is 58.1. The zero-order chi connectivity index (χ0) is 74.8. The van der Waals surface area contributed by atoms with Gasteiger partial charge in [0.2, 0.25) is 35.4 Å². The van der Waals surface area contributed by atoms with Gasteiger partial charge in [0, 0.05) is 60.0 Å². The smallest absolute Gasteiger partial charge is 0.247 e. The van der Waals surface area contributed by atoms with E-state index in [9.17, 15) is 77.9 Å². The number of carbonyl (C=O) groups excluding carboxylic acids is 10. The summed E-state index contributed by atoms with van der Waals surface area (Å²) >= 11 is 3.73. The summed E-state index contributed by atoms with van der Waals surface area (Å²) < 4.78 is 42.1. The van der Waals surface area contributed by atoms with Gasteiger partial charge in [-0.1, -0.05) is 84.3 Å². The molecule has 0 aromatic rings. The number of rotatable bonds is 14. The maximum atomic E-state index is 14.6. The fourth-order valence-corrected chi connectivity index (χ4v) is 12.9. The number of amides is 5. The van der Waals surface area contributed by atoms with Gasteiger partial charge in [0.1, 0.15) is 51.8 Å². The summed E-state index contributed by atoms with van der Waals surface area (Å²) in [5.74, 6) is -6.57. The van der Waals surface area contributed by atoms with Gasteiger partial charge in [-0.05, 0) is 99.1 Å². The first-order valence-electron chi connectivity index (χ1n) is 29.7. The molecule has 0 aromatic carbocycles. The first-order valence-corrected chi connectivity index (χ1v) is 32.8. The summed E-state index contributed by atoms with van der Waals surface area (Å²) in [5.41, 5.74) is 36.2. The molecule has 0 spiro atoms. The molecule has 5 fully saturated rings. The van der Waals surface area contributed by atoms with Crippen LogP contribution in [0.4, 0.5) is 4.39 Å². The van der Waals surface area contributed by atoms with E-state index < -0.39 is 150 Å². The Balaban J connectivity index is 0.000000197. The Hall–Kier alpha value is -8.52. The topological polar surface area (TPSA) is 598 Å². The van der Waals surface area contributed by atoms with Crippen molar-refractivity contribution in [3.63, 3.8) is 0 Å². The predicted octanol–water partition coefficient (Wildman–Crippen LogP) is 3.00. The van der Waals surface area contributed by atoms with E-state index in [0.29, 0.717) is 10.8 Å². The first kappa shape index (κ1) is 80.5. The molecule has 44 heteroatoms. The van der Waals surface area contributed by atoms with E-state index in [1.807, 2.05) is 29.5 Å². The van der Waals surface area contributed by atoms with Crippen LogP contribution in [0.1, 0.15) is 80.1 Å². The quantitative estimate of drug-likeness (QED) is 0.0363. The van der Waals surface area contributed by atoms with Crippen LogP contribution in [0.15, 0.2) is 99.3 Å². The summed E-state index contributed by atoms with van der Waals surface area (Å²) in [7, 11) is 0. The van der Waals surface area contributed by atoms with Gasteiger partial charge in [-0.25, -0.2) is 4.39 Å². The van der Waals surface area contributed by atoms with Gasteiger partial charge < -0.3 is 54.3 Å². The van der Waals surface area contributed by atoms with Crippen LogP contribution in [0.3, 0.4) is 0 Å². The summed E-state index contributed by atoms with van der Waals surface area (Å²) in [6.07, 6.45) is -2.24. The average Bonchev–Trinajstić information content (AvgIpc) is 1.61. The van der Waals surface area contributed by atoms with Crippen molar-refractivity contribution in [2.75, 3.05) is 15.5 Å². The Kier molecular flexibility index (Phi) is 26.4. The molecule has 0 unspecified atom stereocenters. The third-order valence-electron chi connectivity index (χ3n) is 17.3. The summed E-state index contributed by atoms with van der Waals surface area (Å²) in [4.78, 5) is 134. The average molecular weight is 1630 g/mol. The van der Waals surface area contributed by atoms with Crippen LogP contribution < -0.4 is 0 Å². The molecule has 5 amide bonds. The molecular weight excluding hydrogens is 1560 g/mol. The Morgan fingerprint density at radius 2 is 0.780 bits per heavy atom. The molecule has 0 bridgehead atoms. The van der Waals surface area contributed by atoms with Crippen LogP contribution in [0.2, 0.25) is 0 Å². The van der Waals surface area contributed by atoms with Crippen molar-refractivity contribution in [3.8, 4) is 0 Å². The van der Waals surface area contributed by atoms with Gasteiger partial charge in [-0.3, -0.25) is 72.4 Å². The monoisotopic (exact) mass is 1630 g/mol. The van der Waals surface area contributed by atoms with E-state index in [4.69, 9.17) is 56.4 Å². The number of azide groups is 5. The van der Waals surface area contributed by atoms with Gasteiger partial charge in [0.05, 0.1) is 73.7 Å². The van der Waals surface area contributed by atoms with E-state index in [-0.39, 0.29) is 71.2 Å². The lowest BCUT2D eigenvalue weighted by molar-refractivity contribution is -0.182. The number of carbonyl (C=O) groups is 10. The SMILES string of the molecule is C=C1O[C@@H](N2C=CC(=O)CC2=O)[C@](C)(N=[N+]=[N-])[C@@H]1O.CC[C@H]1O[C@@H](N2C=CC(=O)CC2=O)[C@](C)(N=[N+]=[N-])[C@@H]1O.C[C@@]1(N=[N+]=[N-])[C@H](O)[C@@H](CI)O[C@H]1N1C=CC(=O)CC1=O.C[C@@]1(N=[N+]=[N-])[C@H](O)[C@@H](CO)O[C@H]1N1C=CC(=O)CC1=O.C[C@]1(N=[N+]=[N-])[C@H](N2C=CC(=O)CC2=O)O[C@](F)(CI)[C@H]1O. The Labute approximate surface area is 592 Å². The summed E-state index contributed by atoms with van der Waals surface area (Å²) in [6, 6.07) is 0. The van der Waals surface area contributed by atoms with Crippen LogP contribution in [0.5, 0.6) is 0 Å². The molecule has 0 radical (unpaired) electrons. The highest BCUT2D eigenvalue weighted by Gasteiger charge is 2.65. The van der Waals surface area contributed by atoms with E-state index in [0.717, 1.165) is 27.0 Å². The van der Waals surface area contributed by atoms with Crippen molar-refractivity contribution >= 4 is 104 Å². The van der Waals surface area contributed by atoms with E-state index in [1.54, 1.807) is 22.6 Å². The van der Waals surface area contributed by atoms with Crippen molar-refractivity contribution in [2.45, 2.75) is 194 Å². The molecular formula is C56H67FI2N20O21. The highest BCUT2D eigenvalue weighted by molar-refractivity contribution is 14.1. The Morgan fingerprint density at radius 1 is 0.490 bits per heavy atom. The van der Waals surface area contributed by atoms with E-state index >= 15 is 0 Å². The number of alkyl halides is 3. The van der Waals surface area contributed by atoms with Crippen molar-refractivity contribution in [1.29, 1.82) is 0 Å². The number of aliphatic hydroxyl groups excluding tert-OH is 6. The number of aliphatic hydroxyl groups is 6. The minimum atomic E-state index is -2.45. The molecule has 0 aliphatic carbocycles. The molecule has 10 rings (SSSR count). The van der Waals surface area contributed by atoms with Crippen LogP contribution in [-0.4, -0.2) is 243 Å². The van der Waals surface area contributed by atoms with Crippen molar-refractivity contribution in [2.24, 2.45) is 25.6 Å². The maximum absolute atomic E-state index is 14.6. The second-order valence-electron chi connectivity index (χ2n) is 24.2. The summed E-state index contributed by atoms with van der Waals surface area (Å²) in [5, 5.41) is 77.7.